The number of unbranched alkanes of at least 4 members (excludes halogenated alkanes) is 1. The van der Waals surface area contributed by atoms with Gasteiger partial charge in [0.05, 0.1) is 22.4 Å². The molecule has 2 aromatic carbocycles. The summed E-state index contributed by atoms with van der Waals surface area (Å²) in [6.07, 6.45) is 5.42. The lowest BCUT2D eigenvalue weighted by molar-refractivity contribution is 0.184. The van der Waals surface area contributed by atoms with Gasteiger partial charge in [-0.2, -0.15) is 5.10 Å². The molecule has 0 spiro atoms. The maximum Gasteiger partial charge on any atom is 0.326 e. The fraction of sp³-hybridized carbons (Fsp3) is 0.429. The second-order valence-electron chi connectivity index (χ2n) is 9.81. The molecule has 0 aliphatic carbocycles. The number of aromatic nitrogens is 4. The Morgan fingerprint density at radius 1 is 1.00 bits per heavy atom. The Morgan fingerprint density at radius 3 is 2.50 bits per heavy atom. The molecule has 1 aliphatic rings. The number of piperidine rings is 1. The quantitative estimate of drug-likeness (QED) is 0.365. The van der Waals surface area contributed by atoms with Gasteiger partial charge in [-0.25, -0.2) is 9.48 Å². The highest BCUT2D eigenvalue weighted by Gasteiger charge is 2.23. The van der Waals surface area contributed by atoms with Gasteiger partial charge in [-0.05, 0) is 74.9 Å². The number of hydrogen-bond acceptors (Lipinski definition) is 3. The molecule has 0 unspecified atom stereocenters. The molecule has 3 heterocycles. The normalized spacial score (nSPS) is 15.5. The molecule has 0 bridgehead atoms. The van der Waals surface area contributed by atoms with Crippen LogP contribution >= 0.6 is 0 Å². The van der Waals surface area contributed by atoms with E-state index in [1.807, 2.05) is 34.9 Å². The first kappa shape index (κ1) is 22.7. The first-order chi connectivity index (χ1) is 16.6. The van der Waals surface area contributed by atoms with Gasteiger partial charge in [0.2, 0.25) is 0 Å². The van der Waals surface area contributed by atoms with E-state index >= 15 is 0 Å². The van der Waals surface area contributed by atoms with Gasteiger partial charge >= 0.3 is 5.69 Å². The van der Waals surface area contributed by atoms with E-state index in [0.29, 0.717) is 5.92 Å². The Kier molecular flexibility index (Phi) is 6.68. The van der Waals surface area contributed by atoms with Gasteiger partial charge in [0.25, 0.3) is 0 Å². The SMILES string of the molecule is CC(C)c1cc(CCCCN2CCC(n3c(=O)[nH]c4ccccc43)CC2)n(-c2ccccc2)n1. The highest BCUT2D eigenvalue weighted by Crippen LogP contribution is 2.25. The monoisotopic (exact) mass is 457 g/mol. The molecule has 1 fully saturated rings. The van der Waals surface area contributed by atoms with Crippen molar-refractivity contribution >= 4 is 11.0 Å². The molecule has 1 saturated heterocycles. The van der Waals surface area contributed by atoms with E-state index in [4.69, 9.17) is 5.10 Å². The number of fused-ring (bicyclic) bond motifs is 1. The zero-order valence-corrected chi connectivity index (χ0v) is 20.3. The van der Waals surface area contributed by atoms with Gasteiger partial charge < -0.3 is 9.88 Å². The zero-order chi connectivity index (χ0) is 23.5. The highest BCUT2D eigenvalue weighted by molar-refractivity contribution is 5.75. The van der Waals surface area contributed by atoms with Crippen molar-refractivity contribution in [3.63, 3.8) is 0 Å². The van der Waals surface area contributed by atoms with Crippen molar-refractivity contribution in [1.82, 2.24) is 24.2 Å². The van der Waals surface area contributed by atoms with Crippen LogP contribution in [0, 0.1) is 0 Å². The van der Waals surface area contributed by atoms with Gasteiger partial charge in [0.15, 0.2) is 0 Å². The molecule has 6 heteroatoms. The van der Waals surface area contributed by atoms with Gasteiger partial charge in [-0.3, -0.25) is 4.57 Å². The van der Waals surface area contributed by atoms with E-state index in [9.17, 15) is 4.79 Å². The summed E-state index contributed by atoms with van der Waals surface area (Å²) in [5.74, 6) is 0.426. The Balaban J connectivity index is 1.15. The van der Waals surface area contributed by atoms with Crippen LogP contribution in [0.15, 0.2) is 65.5 Å². The van der Waals surface area contributed by atoms with Crippen molar-refractivity contribution in [3.8, 4) is 5.69 Å². The lowest BCUT2D eigenvalue weighted by Crippen LogP contribution is -2.37. The van der Waals surface area contributed by atoms with E-state index in [0.717, 1.165) is 67.7 Å². The van der Waals surface area contributed by atoms with Gasteiger partial charge in [0, 0.05) is 24.8 Å². The van der Waals surface area contributed by atoms with E-state index in [1.165, 1.54) is 12.1 Å². The third-order valence-electron chi connectivity index (χ3n) is 7.10. The molecule has 1 N–H and O–H groups in total. The molecule has 0 radical (unpaired) electrons. The zero-order valence-electron chi connectivity index (χ0n) is 20.3. The molecule has 6 nitrogen and oxygen atoms in total. The standard InChI is InChI=1S/C28H35N5O/c1-21(2)26-20-24(33(30-26)23-10-4-3-5-11-23)12-8-9-17-31-18-15-22(16-19-31)32-27-14-7-6-13-25(27)29-28(32)34/h3-7,10-11,13-14,20-22H,8-9,12,15-19H2,1-2H3,(H,29,34). The number of nitrogens with zero attached hydrogens (tertiary/aromatic N) is 4. The summed E-state index contributed by atoms with van der Waals surface area (Å²) < 4.78 is 4.10. The largest absolute Gasteiger partial charge is 0.326 e. The minimum Gasteiger partial charge on any atom is -0.306 e. The Morgan fingerprint density at radius 2 is 1.74 bits per heavy atom. The first-order valence-corrected chi connectivity index (χ1v) is 12.7. The minimum atomic E-state index is 0.0236. The minimum absolute atomic E-state index is 0.0236. The van der Waals surface area contributed by atoms with E-state index < -0.39 is 0 Å². The molecule has 2 aromatic heterocycles. The van der Waals surface area contributed by atoms with Crippen LogP contribution in [0.5, 0.6) is 0 Å². The summed E-state index contributed by atoms with van der Waals surface area (Å²) >= 11 is 0. The number of para-hydroxylation sites is 3. The molecule has 5 rings (SSSR count). The highest BCUT2D eigenvalue weighted by atomic mass is 16.1. The number of rotatable bonds is 8. The molecule has 4 aromatic rings. The molecule has 178 valence electrons. The number of benzene rings is 2. The fourth-order valence-corrected chi connectivity index (χ4v) is 5.17. The Labute approximate surface area is 201 Å². The molecule has 0 amide bonds. The van der Waals surface area contributed by atoms with Crippen molar-refractivity contribution in [2.75, 3.05) is 19.6 Å². The number of aromatic amines is 1. The van der Waals surface area contributed by atoms with Crippen LogP contribution in [-0.4, -0.2) is 43.9 Å². The average Bonchev–Trinajstić information content (AvgIpc) is 3.43. The fourth-order valence-electron chi connectivity index (χ4n) is 5.17. The second-order valence-corrected chi connectivity index (χ2v) is 9.81. The first-order valence-electron chi connectivity index (χ1n) is 12.7. The van der Waals surface area contributed by atoms with E-state index in [-0.39, 0.29) is 11.7 Å². The molecule has 0 saturated carbocycles. The van der Waals surface area contributed by atoms with Crippen LogP contribution in [0.2, 0.25) is 0 Å². The Hall–Kier alpha value is -3.12. The van der Waals surface area contributed by atoms with Crippen LogP contribution in [0.1, 0.15) is 62.9 Å². The Bertz CT molecular complexity index is 1280. The third kappa shape index (κ3) is 4.73. The maximum absolute atomic E-state index is 12.5. The molecular weight excluding hydrogens is 422 g/mol. The van der Waals surface area contributed by atoms with Crippen LogP contribution in [-0.2, 0) is 6.42 Å². The van der Waals surface area contributed by atoms with Gasteiger partial charge in [0.1, 0.15) is 0 Å². The molecule has 34 heavy (non-hydrogen) atoms. The molecular formula is C28H35N5O. The summed E-state index contributed by atoms with van der Waals surface area (Å²) in [5, 5.41) is 4.89. The lowest BCUT2D eigenvalue weighted by atomic mass is 10.0. The predicted octanol–water partition coefficient (Wildman–Crippen LogP) is 5.30. The van der Waals surface area contributed by atoms with Gasteiger partial charge in [-0.15, -0.1) is 0 Å². The van der Waals surface area contributed by atoms with Crippen molar-refractivity contribution in [1.29, 1.82) is 0 Å². The summed E-state index contributed by atoms with van der Waals surface area (Å²) in [5.41, 5.74) is 5.59. The molecule has 0 atom stereocenters. The molecule has 1 aliphatic heterocycles. The maximum atomic E-state index is 12.5. The van der Waals surface area contributed by atoms with Crippen molar-refractivity contribution in [2.45, 2.75) is 57.9 Å². The summed E-state index contributed by atoms with van der Waals surface area (Å²) in [7, 11) is 0. The van der Waals surface area contributed by atoms with Crippen LogP contribution in [0.25, 0.3) is 16.7 Å². The topological polar surface area (TPSA) is 58.9 Å². The predicted molar refractivity (Wildman–Crippen MR) is 138 cm³/mol. The number of likely N-dealkylation sites (tertiary alicyclic amines) is 1. The van der Waals surface area contributed by atoms with Crippen LogP contribution in [0.3, 0.4) is 0 Å². The third-order valence-corrected chi connectivity index (χ3v) is 7.10. The number of hydrogen-bond donors (Lipinski definition) is 1. The van der Waals surface area contributed by atoms with Crippen molar-refractivity contribution in [2.24, 2.45) is 0 Å². The number of nitrogens with one attached hydrogen (secondary N) is 1. The second kappa shape index (κ2) is 10.0. The number of aryl methyl sites for hydroxylation is 1. The average molecular weight is 458 g/mol. The number of H-pyrrole nitrogens is 1. The smallest absolute Gasteiger partial charge is 0.306 e. The number of imidazole rings is 1. The lowest BCUT2D eigenvalue weighted by Gasteiger charge is -2.32. The summed E-state index contributed by atoms with van der Waals surface area (Å²) in [4.78, 5) is 18.1. The van der Waals surface area contributed by atoms with Crippen molar-refractivity contribution < 1.29 is 0 Å². The van der Waals surface area contributed by atoms with Crippen molar-refractivity contribution in [3.05, 3.63) is 82.5 Å². The van der Waals surface area contributed by atoms with E-state index in [1.54, 1.807) is 0 Å². The summed E-state index contributed by atoms with van der Waals surface area (Å²) in [6.45, 7) is 7.63. The summed E-state index contributed by atoms with van der Waals surface area (Å²) in [6, 6.07) is 21.0. The van der Waals surface area contributed by atoms with Crippen LogP contribution in [0.4, 0.5) is 0 Å². The van der Waals surface area contributed by atoms with E-state index in [2.05, 4.69) is 58.7 Å². The van der Waals surface area contributed by atoms with Gasteiger partial charge in [-0.1, -0.05) is 44.2 Å². The van der Waals surface area contributed by atoms with Crippen LogP contribution < -0.4 is 5.69 Å².